The van der Waals surface area contributed by atoms with Crippen molar-refractivity contribution in [1.82, 2.24) is 0 Å². The van der Waals surface area contributed by atoms with Gasteiger partial charge in [0, 0.05) is 0 Å². The molecular weight excluding hydrogens is 272 g/mol. The maximum absolute atomic E-state index is 9.51. The SMILES string of the molecule is Cc1ccc(C)c(COc2ccc([C@H](C)O)cc2Cl)c1. The molecule has 0 spiro atoms. The summed E-state index contributed by atoms with van der Waals surface area (Å²) in [6.45, 7) is 6.33. The molecule has 2 rings (SSSR count). The summed E-state index contributed by atoms with van der Waals surface area (Å²) in [5, 5.41) is 10.0. The fourth-order valence-corrected chi connectivity index (χ4v) is 2.25. The highest BCUT2D eigenvalue weighted by molar-refractivity contribution is 6.32. The number of ether oxygens (including phenoxy) is 1. The number of halogens is 1. The molecule has 0 aromatic heterocycles. The minimum Gasteiger partial charge on any atom is -0.487 e. The van der Waals surface area contributed by atoms with Crippen LogP contribution in [0.1, 0.15) is 35.3 Å². The van der Waals surface area contributed by atoms with Gasteiger partial charge < -0.3 is 9.84 Å². The van der Waals surface area contributed by atoms with Gasteiger partial charge in [0.15, 0.2) is 0 Å². The molecule has 0 fully saturated rings. The Bertz CT molecular complexity index is 606. The van der Waals surface area contributed by atoms with E-state index in [1.807, 2.05) is 6.07 Å². The van der Waals surface area contributed by atoms with Gasteiger partial charge in [-0.2, -0.15) is 0 Å². The van der Waals surface area contributed by atoms with E-state index in [0.29, 0.717) is 17.4 Å². The number of rotatable bonds is 4. The zero-order valence-corrected chi connectivity index (χ0v) is 12.7. The van der Waals surface area contributed by atoms with Crippen LogP contribution in [0.2, 0.25) is 5.02 Å². The lowest BCUT2D eigenvalue weighted by atomic mass is 10.1. The molecule has 2 aromatic rings. The fraction of sp³-hybridized carbons (Fsp3) is 0.294. The molecule has 0 heterocycles. The number of aliphatic hydroxyl groups excluding tert-OH is 1. The van der Waals surface area contributed by atoms with Crippen molar-refractivity contribution in [3.05, 3.63) is 63.7 Å². The van der Waals surface area contributed by atoms with Gasteiger partial charge in [-0.3, -0.25) is 0 Å². The van der Waals surface area contributed by atoms with Crippen LogP contribution in [-0.2, 0) is 6.61 Å². The molecule has 0 saturated heterocycles. The van der Waals surface area contributed by atoms with Crippen LogP contribution >= 0.6 is 11.6 Å². The van der Waals surface area contributed by atoms with Gasteiger partial charge in [-0.1, -0.05) is 41.4 Å². The van der Waals surface area contributed by atoms with Crippen molar-refractivity contribution in [3.8, 4) is 5.75 Å². The average molecular weight is 291 g/mol. The number of hydrogen-bond donors (Lipinski definition) is 1. The van der Waals surface area contributed by atoms with Crippen LogP contribution in [0.25, 0.3) is 0 Å². The van der Waals surface area contributed by atoms with Gasteiger partial charge in [0.2, 0.25) is 0 Å². The second-order valence-electron chi connectivity index (χ2n) is 5.08. The Balaban J connectivity index is 2.13. The molecule has 0 aliphatic carbocycles. The summed E-state index contributed by atoms with van der Waals surface area (Å²) in [6.07, 6.45) is -0.527. The summed E-state index contributed by atoms with van der Waals surface area (Å²) in [5.41, 5.74) is 4.35. The first kappa shape index (κ1) is 14.9. The highest BCUT2D eigenvalue weighted by atomic mass is 35.5. The van der Waals surface area contributed by atoms with Gasteiger partial charge in [-0.15, -0.1) is 0 Å². The molecule has 1 N–H and O–H groups in total. The molecule has 0 aliphatic heterocycles. The van der Waals surface area contributed by atoms with E-state index < -0.39 is 6.10 Å². The molecule has 0 radical (unpaired) electrons. The third-order valence-corrected chi connectivity index (χ3v) is 3.62. The molecule has 3 heteroatoms. The van der Waals surface area contributed by atoms with Crippen LogP contribution in [0.5, 0.6) is 5.75 Å². The van der Waals surface area contributed by atoms with E-state index in [0.717, 1.165) is 11.1 Å². The maximum atomic E-state index is 9.51. The zero-order valence-electron chi connectivity index (χ0n) is 12.0. The zero-order chi connectivity index (χ0) is 14.7. The highest BCUT2D eigenvalue weighted by Crippen LogP contribution is 2.28. The quantitative estimate of drug-likeness (QED) is 0.892. The molecular formula is C17H19ClO2. The van der Waals surface area contributed by atoms with Crippen LogP contribution in [0.4, 0.5) is 0 Å². The van der Waals surface area contributed by atoms with Crippen molar-refractivity contribution in [2.75, 3.05) is 0 Å². The average Bonchev–Trinajstić information content (AvgIpc) is 2.40. The van der Waals surface area contributed by atoms with E-state index in [1.165, 1.54) is 11.1 Å². The minimum absolute atomic E-state index is 0.487. The van der Waals surface area contributed by atoms with Gasteiger partial charge in [-0.05, 0) is 49.6 Å². The fourth-order valence-electron chi connectivity index (χ4n) is 2.01. The van der Waals surface area contributed by atoms with Crippen LogP contribution < -0.4 is 4.74 Å². The molecule has 0 amide bonds. The van der Waals surface area contributed by atoms with Crippen LogP contribution in [-0.4, -0.2) is 5.11 Å². The van der Waals surface area contributed by atoms with E-state index in [9.17, 15) is 5.11 Å². The van der Waals surface area contributed by atoms with Crippen molar-refractivity contribution in [2.45, 2.75) is 33.5 Å². The minimum atomic E-state index is -0.527. The molecule has 1 atom stereocenters. The molecule has 0 saturated carbocycles. The van der Waals surface area contributed by atoms with Crippen LogP contribution in [0.3, 0.4) is 0 Å². The van der Waals surface area contributed by atoms with Crippen LogP contribution in [0, 0.1) is 13.8 Å². The monoisotopic (exact) mass is 290 g/mol. The summed E-state index contributed by atoms with van der Waals surface area (Å²) in [5.74, 6) is 0.636. The Morgan fingerprint density at radius 2 is 1.90 bits per heavy atom. The normalized spacial score (nSPS) is 12.2. The largest absolute Gasteiger partial charge is 0.487 e. The first-order valence-corrected chi connectivity index (χ1v) is 7.01. The predicted octanol–water partition coefficient (Wildman–Crippen LogP) is 4.59. The Kier molecular flexibility index (Phi) is 4.69. The van der Waals surface area contributed by atoms with Gasteiger partial charge in [-0.25, -0.2) is 0 Å². The summed E-state index contributed by atoms with van der Waals surface area (Å²) >= 11 is 6.17. The smallest absolute Gasteiger partial charge is 0.138 e. The van der Waals surface area contributed by atoms with Crippen molar-refractivity contribution in [2.24, 2.45) is 0 Å². The van der Waals surface area contributed by atoms with Crippen molar-refractivity contribution >= 4 is 11.6 Å². The summed E-state index contributed by atoms with van der Waals surface area (Å²) in [6, 6.07) is 11.7. The van der Waals surface area contributed by atoms with Gasteiger partial charge >= 0.3 is 0 Å². The number of aryl methyl sites for hydroxylation is 2. The van der Waals surface area contributed by atoms with Crippen molar-refractivity contribution in [3.63, 3.8) is 0 Å². The first-order valence-electron chi connectivity index (χ1n) is 6.64. The standard InChI is InChI=1S/C17H19ClO2/c1-11-4-5-12(2)15(8-11)10-20-17-7-6-14(13(3)19)9-16(17)18/h4-9,13,19H,10H2,1-3H3/t13-/m0/s1. The lowest BCUT2D eigenvalue weighted by Gasteiger charge is -2.12. The number of benzene rings is 2. The Morgan fingerprint density at radius 1 is 1.15 bits per heavy atom. The summed E-state index contributed by atoms with van der Waals surface area (Å²) < 4.78 is 5.78. The van der Waals surface area contributed by atoms with E-state index in [2.05, 4.69) is 32.0 Å². The van der Waals surface area contributed by atoms with Crippen LogP contribution in [0.15, 0.2) is 36.4 Å². The molecule has 2 aromatic carbocycles. The topological polar surface area (TPSA) is 29.5 Å². The van der Waals surface area contributed by atoms with Crippen molar-refractivity contribution < 1.29 is 9.84 Å². The highest BCUT2D eigenvalue weighted by Gasteiger charge is 2.07. The van der Waals surface area contributed by atoms with E-state index in [4.69, 9.17) is 16.3 Å². The Labute approximate surface area is 125 Å². The second kappa shape index (κ2) is 6.29. The van der Waals surface area contributed by atoms with E-state index in [1.54, 1.807) is 19.1 Å². The molecule has 106 valence electrons. The lowest BCUT2D eigenvalue weighted by molar-refractivity contribution is 0.199. The Morgan fingerprint density at radius 3 is 2.55 bits per heavy atom. The van der Waals surface area contributed by atoms with Gasteiger partial charge in [0.25, 0.3) is 0 Å². The first-order chi connectivity index (χ1) is 9.47. The van der Waals surface area contributed by atoms with Gasteiger partial charge in [0.05, 0.1) is 11.1 Å². The number of aliphatic hydroxyl groups is 1. The second-order valence-corrected chi connectivity index (χ2v) is 5.49. The maximum Gasteiger partial charge on any atom is 0.138 e. The predicted molar refractivity (Wildman–Crippen MR) is 82.3 cm³/mol. The third kappa shape index (κ3) is 3.53. The van der Waals surface area contributed by atoms with E-state index in [-0.39, 0.29) is 0 Å². The third-order valence-electron chi connectivity index (χ3n) is 3.33. The molecule has 20 heavy (non-hydrogen) atoms. The number of hydrogen-bond acceptors (Lipinski definition) is 2. The molecule has 0 aliphatic rings. The molecule has 0 unspecified atom stereocenters. The van der Waals surface area contributed by atoms with Crippen molar-refractivity contribution in [1.29, 1.82) is 0 Å². The molecule has 0 bridgehead atoms. The summed E-state index contributed by atoms with van der Waals surface area (Å²) in [4.78, 5) is 0. The lowest BCUT2D eigenvalue weighted by Crippen LogP contribution is -2.00. The Hall–Kier alpha value is -1.51. The van der Waals surface area contributed by atoms with E-state index >= 15 is 0 Å². The molecule has 2 nitrogen and oxygen atoms in total. The van der Waals surface area contributed by atoms with Gasteiger partial charge in [0.1, 0.15) is 12.4 Å². The summed E-state index contributed by atoms with van der Waals surface area (Å²) in [7, 11) is 0.